The van der Waals surface area contributed by atoms with E-state index >= 15 is 0 Å². The van der Waals surface area contributed by atoms with E-state index in [1.54, 1.807) is 12.2 Å². The van der Waals surface area contributed by atoms with Crippen LogP contribution in [0, 0.1) is 0 Å². The SMILES string of the molecule is CC(C)c1ccc(/C=C/C(=O)NCCCCCCNC(=O)/C=C/c2ccc(C(C)C)cc2)cc1. The van der Waals surface area contributed by atoms with Crippen molar-refractivity contribution in [1.29, 1.82) is 0 Å². The molecule has 2 aromatic rings. The number of rotatable bonds is 13. The average Bonchev–Trinajstić information content (AvgIpc) is 2.83. The van der Waals surface area contributed by atoms with Gasteiger partial charge in [0.25, 0.3) is 0 Å². The van der Waals surface area contributed by atoms with Crippen LogP contribution in [-0.2, 0) is 9.59 Å². The molecule has 4 nitrogen and oxygen atoms in total. The minimum Gasteiger partial charge on any atom is -0.353 e. The maximum Gasteiger partial charge on any atom is 0.243 e. The van der Waals surface area contributed by atoms with Gasteiger partial charge < -0.3 is 10.6 Å². The fourth-order valence-corrected chi connectivity index (χ4v) is 3.47. The molecule has 0 aromatic heterocycles. The second-order valence-electron chi connectivity index (χ2n) is 9.31. The third-order valence-corrected chi connectivity index (χ3v) is 5.76. The summed E-state index contributed by atoms with van der Waals surface area (Å²) in [5, 5.41) is 5.86. The van der Waals surface area contributed by atoms with Gasteiger partial charge in [0, 0.05) is 25.2 Å². The van der Waals surface area contributed by atoms with Crippen LogP contribution in [0.2, 0.25) is 0 Å². The summed E-state index contributed by atoms with van der Waals surface area (Å²) < 4.78 is 0. The highest BCUT2D eigenvalue weighted by atomic mass is 16.2. The maximum absolute atomic E-state index is 12.0. The van der Waals surface area contributed by atoms with E-state index in [9.17, 15) is 9.59 Å². The topological polar surface area (TPSA) is 58.2 Å². The smallest absolute Gasteiger partial charge is 0.243 e. The summed E-state index contributed by atoms with van der Waals surface area (Å²) in [5.74, 6) is 0.886. The molecule has 0 bridgehead atoms. The molecule has 2 rings (SSSR count). The number of carbonyl (C=O) groups is 2. The lowest BCUT2D eigenvalue weighted by Gasteiger charge is -2.05. The summed E-state index contributed by atoms with van der Waals surface area (Å²) in [6, 6.07) is 16.6. The van der Waals surface area contributed by atoms with E-state index < -0.39 is 0 Å². The summed E-state index contributed by atoms with van der Waals surface area (Å²) >= 11 is 0. The van der Waals surface area contributed by atoms with Crippen LogP contribution in [0.3, 0.4) is 0 Å². The fraction of sp³-hybridized carbons (Fsp3) is 0.400. The first-order chi connectivity index (χ1) is 16.3. The first kappa shape index (κ1) is 27.1. The Morgan fingerprint density at radius 2 is 0.971 bits per heavy atom. The van der Waals surface area contributed by atoms with Crippen LogP contribution >= 0.6 is 0 Å². The van der Waals surface area contributed by atoms with Crippen molar-refractivity contribution in [1.82, 2.24) is 10.6 Å². The highest BCUT2D eigenvalue weighted by Crippen LogP contribution is 2.16. The number of hydrogen-bond acceptors (Lipinski definition) is 2. The Hall–Kier alpha value is -3.14. The van der Waals surface area contributed by atoms with Gasteiger partial charge in [-0.3, -0.25) is 9.59 Å². The van der Waals surface area contributed by atoms with Gasteiger partial charge in [-0.2, -0.15) is 0 Å². The Balaban J connectivity index is 1.51. The quantitative estimate of drug-likeness (QED) is 0.266. The number of hydrogen-bond donors (Lipinski definition) is 2. The van der Waals surface area contributed by atoms with E-state index in [1.807, 2.05) is 36.4 Å². The second kappa shape index (κ2) is 14.9. The van der Waals surface area contributed by atoms with Gasteiger partial charge in [0.1, 0.15) is 0 Å². The Morgan fingerprint density at radius 3 is 1.29 bits per heavy atom. The van der Waals surface area contributed by atoms with Crippen molar-refractivity contribution in [2.24, 2.45) is 0 Å². The Morgan fingerprint density at radius 1 is 0.618 bits per heavy atom. The van der Waals surface area contributed by atoms with E-state index in [4.69, 9.17) is 0 Å². The number of amides is 2. The Bertz CT molecular complexity index is 859. The lowest BCUT2D eigenvalue weighted by molar-refractivity contribution is -0.117. The molecule has 0 heterocycles. The largest absolute Gasteiger partial charge is 0.353 e. The predicted octanol–water partition coefficient (Wildman–Crippen LogP) is 6.45. The Labute approximate surface area is 205 Å². The molecule has 0 spiro atoms. The maximum atomic E-state index is 12.0. The standard InChI is InChI=1S/C30H40N2O2/c1-23(2)27-15-9-25(10-16-27)13-19-29(33)31-21-7-5-6-8-22-32-30(34)20-14-26-11-17-28(18-12-26)24(3)4/h9-20,23-24H,5-8,21-22H2,1-4H3,(H,31,33)(H,32,34)/b19-13+,20-14+. The van der Waals surface area contributed by atoms with Gasteiger partial charge in [-0.25, -0.2) is 0 Å². The fourth-order valence-electron chi connectivity index (χ4n) is 3.47. The van der Waals surface area contributed by atoms with Gasteiger partial charge in [0.05, 0.1) is 0 Å². The summed E-state index contributed by atoms with van der Waals surface area (Å²) in [6.07, 6.45) is 10.8. The first-order valence-electron chi connectivity index (χ1n) is 12.5. The van der Waals surface area contributed by atoms with Gasteiger partial charge in [-0.1, -0.05) is 89.1 Å². The van der Waals surface area contributed by atoms with Crippen LogP contribution in [0.15, 0.2) is 60.7 Å². The lowest BCUT2D eigenvalue weighted by atomic mass is 10.0. The zero-order chi connectivity index (χ0) is 24.8. The minimum atomic E-state index is -0.0640. The van der Waals surface area contributed by atoms with Crippen molar-refractivity contribution < 1.29 is 9.59 Å². The molecular weight excluding hydrogens is 420 g/mol. The molecule has 0 aliphatic heterocycles. The molecule has 0 atom stereocenters. The molecule has 0 aliphatic rings. The van der Waals surface area contributed by atoms with Crippen molar-refractivity contribution in [3.05, 3.63) is 82.9 Å². The number of benzene rings is 2. The van der Waals surface area contributed by atoms with Crippen LogP contribution in [-0.4, -0.2) is 24.9 Å². The second-order valence-corrected chi connectivity index (χ2v) is 9.31. The van der Waals surface area contributed by atoms with E-state index in [2.05, 4.69) is 62.6 Å². The van der Waals surface area contributed by atoms with Crippen LogP contribution in [0.5, 0.6) is 0 Å². The number of nitrogens with one attached hydrogen (secondary N) is 2. The molecule has 2 aromatic carbocycles. The van der Waals surface area contributed by atoms with Crippen LogP contribution in [0.1, 0.15) is 87.5 Å². The number of unbranched alkanes of at least 4 members (excludes halogenated alkanes) is 3. The highest BCUT2D eigenvalue weighted by Gasteiger charge is 2.00. The summed E-state index contributed by atoms with van der Waals surface area (Å²) in [7, 11) is 0. The van der Waals surface area contributed by atoms with E-state index in [0.717, 1.165) is 36.8 Å². The molecule has 0 radical (unpaired) electrons. The van der Waals surface area contributed by atoms with Crippen LogP contribution < -0.4 is 10.6 Å². The normalized spacial score (nSPS) is 11.6. The van der Waals surface area contributed by atoms with E-state index in [1.165, 1.54) is 11.1 Å². The zero-order valence-corrected chi connectivity index (χ0v) is 21.1. The van der Waals surface area contributed by atoms with E-state index in [0.29, 0.717) is 24.9 Å². The minimum absolute atomic E-state index is 0.0640. The molecule has 34 heavy (non-hydrogen) atoms. The van der Waals surface area contributed by atoms with Crippen molar-refractivity contribution in [3.8, 4) is 0 Å². The molecule has 2 amide bonds. The predicted molar refractivity (Wildman–Crippen MR) is 144 cm³/mol. The van der Waals surface area contributed by atoms with Crippen molar-refractivity contribution in [2.75, 3.05) is 13.1 Å². The van der Waals surface area contributed by atoms with Gasteiger partial charge in [-0.15, -0.1) is 0 Å². The molecular formula is C30H40N2O2. The third kappa shape index (κ3) is 10.7. The molecule has 0 saturated carbocycles. The summed E-state index contributed by atoms with van der Waals surface area (Å²) in [6.45, 7) is 10.0. The van der Waals surface area contributed by atoms with Crippen molar-refractivity contribution >= 4 is 24.0 Å². The van der Waals surface area contributed by atoms with Gasteiger partial charge in [0.15, 0.2) is 0 Å². The molecule has 2 N–H and O–H groups in total. The van der Waals surface area contributed by atoms with Crippen LogP contribution in [0.4, 0.5) is 0 Å². The molecule has 0 unspecified atom stereocenters. The summed E-state index contributed by atoms with van der Waals surface area (Å²) in [5.41, 5.74) is 4.65. The molecule has 0 aliphatic carbocycles. The number of carbonyl (C=O) groups excluding carboxylic acids is 2. The lowest BCUT2D eigenvalue weighted by Crippen LogP contribution is -2.23. The average molecular weight is 461 g/mol. The summed E-state index contributed by atoms with van der Waals surface area (Å²) in [4.78, 5) is 23.9. The van der Waals surface area contributed by atoms with E-state index in [-0.39, 0.29) is 11.8 Å². The van der Waals surface area contributed by atoms with Gasteiger partial charge >= 0.3 is 0 Å². The highest BCUT2D eigenvalue weighted by molar-refractivity contribution is 5.92. The molecule has 4 heteroatoms. The van der Waals surface area contributed by atoms with Crippen molar-refractivity contribution in [2.45, 2.75) is 65.2 Å². The molecule has 0 fully saturated rings. The van der Waals surface area contributed by atoms with Gasteiger partial charge in [-0.05, 0) is 59.1 Å². The van der Waals surface area contributed by atoms with Crippen LogP contribution in [0.25, 0.3) is 12.2 Å². The molecule has 182 valence electrons. The van der Waals surface area contributed by atoms with Gasteiger partial charge in [0.2, 0.25) is 11.8 Å². The molecule has 0 saturated heterocycles. The Kier molecular flexibility index (Phi) is 11.9. The van der Waals surface area contributed by atoms with Crippen molar-refractivity contribution in [3.63, 3.8) is 0 Å². The monoisotopic (exact) mass is 460 g/mol. The first-order valence-corrected chi connectivity index (χ1v) is 12.5. The zero-order valence-electron chi connectivity index (χ0n) is 21.1. The third-order valence-electron chi connectivity index (χ3n) is 5.76.